The fourth-order valence-electron chi connectivity index (χ4n) is 4.83. The molecule has 0 radical (unpaired) electrons. The Kier molecular flexibility index (Phi) is 9.40. The number of carbonyl (C=O) groups is 2. The second-order valence-electron chi connectivity index (χ2n) is 9.13. The maximum Gasteiger partial charge on any atom is 0.247 e. The molecule has 2 fully saturated rings. The van der Waals surface area contributed by atoms with Gasteiger partial charge in [0.15, 0.2) is 0 Å². The molecule has 2 amide bonds. The summed E-state index contributed by atoms with van der Waals surface area (Å²) in [5.41, 5.74) is 0.414. The Balaban J connectivity index is 1.63. The Labute approximate surface area is 218 Å². The molecular weight excluding hydrogens is 567 g/mol. The van der Waals surface area contributed by atoms with E-state index in [0.29, 0.717) is 44.1 Å². The van der Waals surface area contributed by atoms with E-state index >= 15 is 0 Å². The minimum absolute atomic E-state index is 0.0906. The largest absolute Gasteiger partial charge is 0.482 e. The predicted molar refractivity (Wildman–Crippen MR) is 136 cm³/mol. The third-order valence-electron chi connectivity index (χ3n) is 6.70. The average Bonchev–Trinajstić information content (AvgIpc) is 3.58. The number of para-hydroxylation sites is 1. The minimum atomic E-state index is -1.05. The topological polar surface area (TPSA) is 118 Å². The molecule has 10 heteroatoms. The summed E-state index contributed by atoms with van der Waals surface area (Å²) in [6.45, 7) is 1.81. The highest BCUT2D eigenvalue weighted by molar-refractivity contribution is 14.1. The molecule has 5 atom stereocenters. The molecule has 9 nitrogen and oxygen atoms in total. The van der Waals surface area contributed by atoms with Gasteiger partial charge < -0.3 is 34.6 Å². The number of nitrogens with one attached hydrogen (secondary N) is 1. The second-order valence-corrected chi connectivity index (χ2v) is 10.3. The lowest BCUT2D eigenvalue weighted by molar-refractivity contribution is -0.145. The number of amides is 2. The fourth-order valence-corrected chi connectivity index (χ4v) is 5.34. The van der Waals surface area contributed by atoms with Crippen molar-refractivity contribution in [2.45, 2.75) is 50.0 Å². The van der Waals surface area contributed by atoms with Crippen LogP contribution in [0.3, 0.4) is 0 Å². The van der Waals surface area contributed by atoms with Crippen LogP contribution in [0.5, 0.6) is 5.75 Å². The number of benzene rings is 1. The monoisotopic (exact) mass is 600 g/mol. The van der Waals surface area contributed by atoms with Crippen molar-refractivity contribution in [2.75, 3.05) is 39.5 Å². The molecule has 3 N–H and O–H groups in total. The van der Waals surface area contributed by atoms with E-state index in [1.165, 1.54) is 0 Å². The number of ether oxygens (including phenoxy) is 3. The highest BCUT2D eigenvalue weighted by atomic mass is 127. The van der Waals surface area contributed by atoms with Crippen LogP contribution in [0.1, 0.15) is 25.7 Å². The van der Waals surface area contributed by atoms with Crippen molar-refractivity contribution in [1.29, 1.82) is 0 Å². The Morgan fingerprint density at radius 1 is 1.23 bits per heavy atom. The summed E-state index contributed by atoms with van der Waals surface area (Å²) < 4.78 is 18.3. The maximum absolute atomic E-state index is 13.6. The normalized spacial score (nSPS) is 28.4. The van der Waals surface area contributed by atoms with Crippen molar-refractivity contribution in [3.05, 3.63) is 39.5 Å². The molecular formula is C25H33IN2O7. The predicted octanol–water partition coefficient (Wildman–Crippen LogP) is 1.25. The fraction of sp³-hybridized carbons (Fsp3) is 0.600. The van der Waals surface area contributed by atoms with Crippen LogP contribution in [-0.2, 0) is 19.1 Å². The summed E-state index contributed by atoms with van der Waals surface area (Å²) in [5, 5.41) is 23.3. The number of aliphatic hydroxyl groups is 2. The molecule has 1 aromatic rings. The highest BCUT2D eigenvalue weighted by Gasteiger charge is 2.43. The van der Waals surface area contributed by atoms with Crippen molar-refractivity contribution in [1.82, 2.24) is 10.2 Å². The number of carbonyl (C=O) groups excluding carboxylic acids is 2. The first kappa shape index (κ1) is 26.3. The number of hydrogen-bond acceptors (Lipinski definition) is 7. The summed E-state index contributed by atoms with van der Waals surface area (Å²) in [7, 11) is 0. The van der Waals surface area contributed by atoms with Gasteiger partial charge in [-0.1, -0.05) is 12.1 Å². The van der Waals surface area contributed by atoms with E-state index in [2.05, 4.69) is 27.9 Å². The maximum atomic E-state index is 13.6. The van der Waals surface area contributed by atoms with Gasteiger partial charge in [0.1, 0.15) is 18.0 Å². The van der Waals surface area contributed by atoms with Gasteiger partial charge in [-0.25, -0.2) is 0 Å². The number of rotatable bonds is 9. The van der Waals surface area contributed by atoms with Gasteiger partial charge in [-0.15, -0.1) is 0 Å². The van der Waals surface area contributed by atoms with Gasteiger partial charge in [-0.05, 0) is 60.1 Å². The van der Waals surface area contributed by atoms with E-state index in [9.17, 15) is 14.7 Å². The van der Waals surface area contributed by atoms with Crippen LogP contribution >= 0.6 is 22.6 Å². The van der Waals surface area contributed by atoms with Crippen LogP contribution in [0, 0.1) is 9.49 Å². The summed E-state index contributed by atoms with van der Waals surface area (Å²) in [4.78, 5) is 28.2. The molecule has 5 unspecified atom stereocenters. The SMILES string of the molecule is O=C(NCCO)C1=CC(Oc2ccccc2I)C(O)C(N(CC2CCCO2)C(=O)C2CCOC2)C1. The van der Waals surface area contributed by atoms with Gasteiger partial charge in [0.25, 0.3) is 0 Å². The van der Waals surface area contributed by atoms with Crippen molar-refractivity contribution in [2.24, 2.45) is 5.92 Å². The van der Waals surface area contributed by atoms with E-state index < -0.39 is 18.2 Å². The van der Waals surface area contributed by atoms with Crippen LogP contribution in [-0.4, -0.2) is 90.8 Å². The molecule has 2 saturated heterocycles. The molecule has 2 heterocycles. The van der Waals surface area contributed by atoms with Crippen molar-refractivity contribution >= 4 is 34.4 Å². The number of nitrogens with zero attached hydrogens (tertiary/aromatic N) is 1. The Morgan fingerprint density at radius 3 is 2.74 bits per heavy atom. The van der Waals surface area contributed by atoms with Gasteiger partial charge >= 0.3 is 0 Å². The van der Waals surface area contributed by atoms with Gasteiger partial charge in [0.2, 0.25) is 11.8 Å². The lowest BCUT2D eigenvalue weighted by atomic mass is 9.87. The lowest BCUT2D eigenvalue weighted by Crippen LogP contribution is -2.57. The smallest absolute Gasteiger partial charge is 0.247 e. The summed E-state index contributed by atoms with van der Waals surface area (Å²) in [5.74, 6) is -0.130. The first-order chi connectivity index (χ1) is 17.0. The van der Waals surface area contributed by atoms with Gasteiger partial charge in [-0.2, -0.15) is 0 Å². The number of aliphatic hydroxyl groups excluding tert-OH is 2. The number of hydrogen-bond donors (Lipinski definition) is 3. The third-order valence-corrected chi connectivity index (χ3v) is 7.59. The minimum Gasteiger partial charge on any atom is -0.482 e. The average molecular weight is 600 g/mol. The van der Waals surface area contributed by atoms with Crippen molar-refractivity contribution < 1.29 is 34.0 Å². The van der Waals surface area contributed by atoms with E-state index in [1.54, 1.807) is 11.0 Å². The molecule has 4 rings (SSSR count). The van der Waals surface area contributed by atoms with Crippen LogP contribution < -0.4 is 10.1 Å². The highest BCUT2D eigenvalue weighted by Crippen LogP contribution is 2.32. The van der Waals surface area contributed by atoms with Crippen molar-refractivity contribution in [3.8, 4) is 5.75 Å². The molecule has 35 heavy (non-hydrogen) atoms. The zero-order chi connectivity index (χ0) is 24.8. The standard InChI is InChI=1S/C25H33IN2O7/c26-19-5-1-2-6-21(19)35-22-13-17(24(31)27-8-9-29)12-20(23(22)30)28(14-18-4-3-10-34-18)25(32)16-7-11-33-15-16/h1-2,5-6,13,16,18,20,22-23,29-30H,3-4,7-12,14-15H2,(H,27,31). The number of halogens is 1. The Hall–Kier alpha value is -1.73. The van der Waals surface area contributed by atoms with Crippen LogP contribution in [0.15, 0.2) is 35.9 Å². The van der Waals surface area contributed by atoms with E-state index in [0.717, 1.165) is 16.4 Å². The van der Waals surface area contributed by atoms with Gasteiger partial charge in [-0.3, -0.25) is 9.59 Å². The molecule has 0 bridgehead atoms. The van der Waals surface area contributed by atoms with Crippen LogP contribution in [0.2, 0.25) is 0 Å². The molecule has 1 aromatic carbocycles. The first-order valence-corrected chi connectivity index (χ1v) is 13.2. The lowest BCUT2D eigenvalue weighted by Gasteiger charge is -2.42. The molecule has 0 spiro atoms. The summed E-state index contributed by atoms with van der Waals surface area (Å²) in [6.07, 6.45) is 2.22. The van der Waals surface area contributed by atoms with Crippen LogP contribution in [0.25, 0.3) is 0 Å². The zero-order valence-corrected chi connectivity index (χ0v) is 21.8. The van der Waals surface area contributed by atoms with Crippen molar-refractivity contribution in [3.63, 3.8) is 0 Å². The Morgan fingerprint density at radius 2 is 2.06 bits per heavy atom. The molecule has 3 aliphatic rings. The first-order valence-electron chi connectivity index (χ1n) is 12.2. The summed E-state index contributed by atoms with van der Waals surface area (Å²) in [6, 6.07) is 6.77. The van der Waals surface area contributed by atoms with E-state index in [1.807, 2.05) is 24.3 Å². The van der Waals surface area contributed by atoms with Crippen LogP contribution in [0.4, 0.5) is 0 Å². The molecule has 2 aliphatic heterocycles. The second kappa shape index (κ2) is 12.5. The molecule has 0 saturated carbocycles. The van der Waals surface area contributed by atoms with Gasteiger partial charge in [0.05, 0.1) is 34.8 Å². The third kappa shape index (κ3) is 6.53. The summed E-state index contributed by atoms with van der Waals surface area (Å²) >= 11 is 2.16. The molecule has 1 aliphatic carbocycles. The molecule has 192 valence electrons. The Bertz CT molecular complexity index is 915. The quantitative estimate of drug-likeness (QED) is 0.366. The molecule has 0 aromatic heterocycles. The zero-order valence-electron chi connectivity index (χ0n) is 19.6. The van der Waals surface area contributed by atoms with E-state index in [-0.39, 0.29) is 43.4 Å². The van der Waals surface area contributed by atoms with E-state index in [4.69, 9.17) is 19.3 Å². The van der Waals surface area contributed by atoms with Gasteiger partial charge in [0, 0.05) is 38.3 Å².